The summed E-state index contributed by atoms with van der Waals surface area (Å²) in [5.41, 5.74) is 0.682. The number of nitrogens with one attached hydrogen (secondary N) is 1. The topological polar surface area (TPSA) is 64.5 Å². The van der Waals surface area contributed by atoms with Crippen molar-refractivity contribution in [2.75, 3.05) is 19.6 Å². The number of carbonyl (C=O) groups is 2. The molecule has 2 aliphatic heterocycles. The minimum absolute atomic E-state index is 0.0294. The lowest BCUT2D eigenvalue weighted by Gasteiger charge is -2.40. The molecule has 1 aromatic rings. The van der Waals surface area contributed by atoms with Crippen molar-refractivity contribution in [3.63, 3.8) is 0 Å². The maximum atomic E-state index is 13.7. The lowest BCUT2D eigenvalue weighted by molar-refractivity contribution is -0.138. The fourth-order valence-corrected chi connectivity index (χ4v) is 3.87. The highest BCUT2D eigenvalue weighted by Crippen LogP contribution is 2.22. The lowest BCUT2D eigenvalue weighted by atomic mass is 9.98. The SMILES string of the molecule is N=C(CC(=O)N1CCC(N2CCCCC2=O)CC1)Cc1ccccc1F. The van der Waals surface area contributed by atoms with Crippen LogP contribution in [0.3, 0.4) is 0 Å². The van der Waals surface area contributed by atoms with Gasteiger partial charge in [0.15, 0.2) is 0 Å². The Balaban J connectivity index is 1.47. The summed E-state index contributed by atoms with van der Waals surface area (Å²) >= 11 is 0. The Labute approximate surface area is 153 Å². The quantitative estimate of drug-likeness (QED) is 0.822. The van der Waals surface area contributed by atoms with Gasteiger partial charge in [0.25, 0.3) is 0 Å². The molecule has 2 fully saturated rings. The van der Waals surface area contributed by atoms with Crippen LogP contribution in [0, 0.1) is 11.2 Å². The molecule has 140 valence electrons. The average molecular weight is 359 g/mol. The summed E-state index contributed by atoms with van der Waals surface area (Å²) in [5, 5.41) is 8.03. The molecule has 2 saturated heterocycles. The number of rotatable bonds is 5. The van der Waals surface area contributed by atoms with Gasteiger partial charge in [-0.25, -0.2) is 4.39 Å². The van der Waals surface area contributed by atoms with E-state index in [4.69, 9.17) is 5.41 Å². The predicted octanol–water partition coefficient (Wildman–Crippen LogP) is 2.78. The Morgan fingerprint density at radius 3 is 2.58 bits per heavy atom. The zero-order valence-corrected chi connectivity index (χ0v) is 15.0. The van der Waals surface area contributed by atoms with E-state index in [0.29, 0.717) is 25.1 Å². The molecule has 5 nitrogen and oxygen atoms in total. The van der Waals surface area contributed by atoms with E-state index in [2.05, 4.69) is 0 Å². The average Bonchev–Trinajstić information content (AvgIpc) is 2.64. The highest BCUT2D eigenvalue weighted by molar-refractivity contribution is 6.00. The van der Waals surface area contributed by atoms with Gasteiger partial charge in [-0.1, -0.05) is 18.2 Å². The third kappa shape index (κ3) is 4.48. The van der Waals surface area contributed by atoms with Crippen LogP contribution in [-0.4, -0.2) is 53.0 Å². The standard InChI is InChI=1S/C20H26FN3O2/c21-18-6-2-1-5-15(18)13-16(22)14-20(26)23-11-8-17(9-12-23)24-10-4-3-7-19(24)25/h1-2,5-6,17,22H,3-4,7-14H2. The number of likely N-dealkylation sites (tertiary alicyclic amines) is 2. The molecule has 6 heteroatoms. The van der Waals surface area contributed by atoms with Crippen molar-refractivity contribution < 1.29 is 14.0 Å². The van der Waals surface area contributed by atoms with Crippen LogP contribution < -0.4 is 0 Å². The number of amides is 2. The van der Waals surface area contributed by atoms with Crippen LogP contribution in [-0.2, 0) is 16.0 Å². The molecule has 1 N–H and O–H groups in total. The van der Waals surface area contributed by atoms with E-state index in [1.807, 2.05) is 4.90 Å². The van der Waals surface area contributed by atoms with Crippen molar-refractivity contribution in [3.05, 3.63) is 35.6 Å². The minimum Gasteiger partial charge on any atom is -0.342 e. The molecular formula is C20H26FN3O2. The second kappa shape index (κ2) is 8.43. The van der Waals surface area contributed by atoms with Crippen LogP contribution in [0.5, 0.6) is 0 Å². The van der Waals surface area contributed by atoms with E-state index < -0.39 is 0 Å². The maximum absolute atomic E-state index is 13.7. The molecule has 0 spiro atoms. The van der Waals surface area contributed by atoms with Crippen LogP contribution in [0.2, 0.25) is 0 Å². The van der Waals surface area contributed by atoms with Crippen molar-refractivity contribution in [2.24, 2.45) is 0 Å². The monoisotopic (exact) mass is 359 g/mol. The summed E-state index contributed by atoms with van der Waals surface area (Å²) in [5.74, 6) is -0.167. The van der Waals surface area contributed by atoms with Gasteiger partial charge < -0.3 is 15.2 Å². The van der Waals surface area contributed by atoms with Crippen molar-refractivity contribution in [2.45, 2.75) is 51.0 Å². The van der Waals surface area contributed by atoms with E-state index in [1.165, 1.54) is 6.07 Å². The highest BCUT2D eigenvalue weighted by Gasteiger charge is 2.30. The number of piperidine rings is 2. The van der Waals surface area contributed by atoms with Crippen molar-refractivity contribution in [1.29, 1.82) is 5.41 Å². The molecule has 0 bridgehead atoms. The summed E-state index contributed by atoms with van der Waals surface area (Å²) in [6.07, 6.45) is 4.50. The van der Waals surface area contributed by atoms with Crippen LogP contribution in [0.4, 0.5) is 4.39 Å². The second-order valence-electron chi connectivity index (χ2n) is 7.20. The van der Waals surface area contributed by atoms with Gasteiger partial charge in [0.1, 0.15) is 5.82 Å². The first-order valence-electron chi connectivity index (χ1n) is 9.41. The van der Waals surface area contributed by atoms with E-state index >= 15 is 0 Å². The summed E-state index contributed by atoms with van der Waals surface area (Å²) in [4.78, 5) is 28.3. The third-order valence-corrected chi connectivity index (χ3v) is 5.34. The zero-order valence-electron chi connectivity index (χ0n) is 15.0. The molecule has 3 rings (SSSR count). The van der Waals surface area contributed by atoms with Gasteiger partial charge in [0, 0.05) is 44.2 Å². The smallest absolute Gasteiger partial charge is 0.228 e. The first kappa shape index (κ1) is 18.5. The Hall–Kier alpha value is -2.24. The summed E-state index contributed by atoms with van der Waals surface area (Å²) < 4.78 is 13.7. The van der Waals surface area contributed by atoms with E-state index in [0.717, 1.165) is 32.2 Å². The van der Waals surface area contributed by atoms with Crippen molar-refractivity contribution in [1.82, 2.24) is 9.80 Å². The fraction of sp³-hybridized carbons (Fsp3) is 0.550. The molecule has 0 saturated carbocycles. The lowest BCUT2D eigenvalue weighted by Crippen LogP contribution is -2.50. The molecule has 2 heterocycles. The molecule has 0 aliphatic carbocycles. The molecule has 0 aromatic heterocycles. The van der Waals surface area contributed by atoms with E-state index in [9.17, 15) is 14.0 Å². The minimum atomic E-state index is -0.336. The maximum Gasteiger partial charge on any atom is 0.228 e. The largest absolute Gasteiger partial charge is 0.342 e. The normalized spacial score (nSPS) is 18.9. The van der Waals surface area contributed by atoms with Gasteiger partial charge in [0.05, 0.1) is 6.42 Å². The number of halogens is 1. The van der Waals surface area contributed by atoms with Gasteiger partial charge in [-0.15, -0.1) is 0 Å². The molecule has 2 aliphatic rings. The summed E-state index contributed by atoms with van der Waals surface area (Å²) in [7, 11) is 0. The van der Waals surface area contributed by atoms with Gasteiger partial charge >= 0.3 is 0 Å². The Bertz CT molecular complexity index is 683. The molecular weight excluding hydrogens is 333 g/mol. The first-order valence-corrected chi connectivity index (χ1v) is 9.41. The summed E-state index contributed by atoms with van der Waals surface area (Å²) in [6.45, 7) is 2.09. The molecule has 2 amide bonds. The van der Waals surface area contributed by atoms with E-state index in [1.54, 1.807) is 23.1 Å². The van der Waals surface area contributed by atoms with Crippen LogP contribution in [0.15, 0.2) is 24.3 Å². The number of nitrogens with zero attached hydrogens (tertiary/aromatic N) is 2. The molecule has 1 aromatic carbocycles. The van der Waals surface area contributed by atoms with Crippen LogP contribution >= 0.6 is 0 Å². The Morgan fingerprint density at radius 2 is 1.88 bits per heavy atom. The fourth-order valence-electron chi connectivity index (χ4n) is 3.87. The van der Waals surface area contributed by atoms with Crippen LogP contribution in [0.25, 0.3) is 0 Å². The Kier molecular flexibility index (Phi) is 6.01. The predicted molar refractivity (Wildman–Crippen MR) is 97.6 cm³/mol. The highest BCUT2D eigenvalue weighted by atomic mass is 19.1. The first-order chi connectivity index (χ1) is 12.5. The summed E-state index contributed by atoms with van der Waals surface area (Å²) in [6, 6.07) is 6.61. The third-order valence-electron chi connectivity index (χ3n) is 5.34. The van der Waals surface area contributed by atoms with Gasteiger partial charge in [-0.05, 0) is 37.3 Å². The van der Waals surface area contributed by atoms with Gasteiger partial charge in [-0.2, -0.15) is 0 Å². The number of hydrogen-bond acceptors (Lipinski definition) is 3. The number of benzene rings is 1. The molecule has 0 unspecified atom stereocenters. The number of carbonyl (C=O) groups excluding carboxylic acids is 2. The second-order valence-corrected chi connectivity index (χ2v) is 7.20. The Morgan fingerprint density at radius 1 is 1.15 bits per heavy atom. The van der Waals surface area contributed by atoms with E-state index in [-0.39, 0.29) is 42.2 Å². The van der Waals surface area contributed by atoms with Crippen LogP contribution in [0.1, 0.15) is 44.1 Å². The number of hydrogen-bond donors (Lipinski definition) is 1. The molecule has 26 heavy (non-hydrogen) atoms. The van der Waals surface area contributed by atoms with Crippen molar-refractivity contribution >= 4 is 17.5 Å². The molecule has 0 atom stereocenters. The van der Waals surface area contributed by atoms with Gasteiger partial charge in [0.2, 0.25) is 11.8 Å². The van der Waals surface area contributed by atoms with Gasteiger partial charge in [-0.3, -0.25) is 9.59 Å². The zero-order chi connectivity index (χ0) is 18.5. The molecule has 0 radical (unpaired) electrons. The van der Waals surface area contributed by atoms with Crippen molar-refractivity contribution in [3.8, 4) is 0 Å².